The van der Waals surface area contributed by atoms with Gasteiger partial charge in [-0.05, 0) is 74.4 Å². The molecular weight excluding hydrogens is 472 g/mol. The van der Waals surface area contributed by atoms with E-state index in [0.717, 1.165) is 26.1 Å². The minimum absolute atomic E-state index is 0.0286. The predicted molar refractivity (Wildman–Crippen MR) is 141 cm³/mol. The Kier molecular flexibility index (Phi) is 9.85. The van der Waals surface area contributed by atoms with E-state index in [4.69, 9.17) is 9.47 Å². The molecule has 0 spiro atoms. The summed E-state index contributed by atoms with van der Waals surface area (Å²) in [5.41, 5.74) is 1.42. The molecule has 8 nitrogen and oxygen atoms in total. The van der Waals surface area contributed by atoms with Gasteiger partial charge in [0, 0.05) is 12.1 Å². The topological polar surface area (TPSA) is 96.4 Å². The largest absolute Gasteiger partial charge is 0.507 e. The summed E-state index contributed by atoms with van der Waals surface area (Å²) in [6.07, 6.45) is 1.54. The highest BCUT2D eigenvalue weighted by Gasteiger charge is 2.45. The van der Waals surface area contributed by atoms with Crippen LogP contribution in [0.25, 0.3) is 5.76 Å². The third-order valence-electron chi connectivity index (χ3n) is 6.56. The van der Waals surface area contributed by atoms with E-state index in [2.05, 4.69) is 18.7 Å². The first-order valence-corrected chi connectivity index (χ1v) is 12.8. The van der Waals surface area contributed by atoms with E-state index >= 15 is 0 Å². The van der Waals surface area contributed by atoms with Crippen molar-refractivity contribution in [1.29, 1.82) is 0 Å². The fraction of sp³-hybridized carbons (Fsp3) is 0.414. The fourth-order valence-electron chi connectivity index (χ4n) is 4.47. The standard InChI is InChI=1S/C29H36N2O6/c1-5-19-37-23-15-13-21(14-16-23)26(32)24-25(20-9-11-22(12-10-20)29(35)36-4)31(28(34)27(24)33)18-8-17-30(6-2)7-3/h9-16,25,32H,5-8,17-19H2,1-4H3. The van der Waals surface area contributed by atoms with Gasteiger partial charge < -0.3 is 24.4 Å². The van der Waals surface area contributed by atoms with Crippen LogP contribution in [-0.2, 0) is 14.3 Å². The van der Waals surface area contributed by atoms with Crippen molar-refractivity contribution in [3.8, 4) is 5.75 Å². The Labute approximate surface area is 218 Å². The van der Waals surface area contributed by atoms with Gasteiger partial charge in [0.05, 0.1) is 30.9 Å². The van der Waals surface area contributed by atoms with Crippen LogP contribution in [0.15, 0.2) is 54.1 Å². The van der Waals surface area contributed by atoms with Crippen LogP contribution < -0.4 is 4.74 Å². The molecule has 1 saturated heterocycles. The van der Waals surface area contributed by atoms with Crippen molar-refractivity contribution >= 4 is 23.4 Å². The lowest BCUT2D eigenvalue weighted by atomic mass is 9.94. The zero-order valence-electron chi connectivity index (χ0n) is 22.0. The molecule has 198 valence electrons. The Morgan fingerprint density at radius 1 is 0.973 bits per heavy atom. The minimum atomic E-state index is -0.778. The van der Waals surface area contributed by atoms with Crippen molar-refractivity contribution in [1.82, 2.24) is 9.80 Å². The van der Waals surface area contributed by atoms with Crippen LogP contribution in [0, 0.1) is 0 Å². The van der Waals surface area contributed by atoms with Crippen molar-refractivity contribution in [2.45, 2.75) is 39.7 Å². The number of aliphatic hydroxyl groups is 1. The Morgan fingerprint density at radius 3 is 2.16 bits per heavy atom. The molecule has 1 aliphatic heterocycles. The molecule has 3 rings (SSSR count). The van der Waals surface area contributed by atoms with Crippen molar-refractivity contribution in [2.75, 3.05) is 39.9 Å². The molecule has 0 aliphatic carbocycles. The van der Waals surface area contributed by atoms with Gasteiger partial charge in [-0.25, -0.2) is 4.79 Å². The molecule has 1 N–H and O–H groups in total. The number of rotatable bonds is 12. The molecule has 2 aromatic carbocycles. The Balaban J connectivity index is 2.00. The molecule has 2 aromatic rings. The summed E-state index contributed by atoms with van der Waals surface area (Å²) in [5.74, 6) is -1.44. The lowest BCUT2D eigenvalue weighted by Crippen LogP contribution is -2.33. The van der Waals surface area contributed by atoms with E-state index in [-0.39, 0.29) is 11.3 Å². The Morgan fingerprint density at radius 2 is 1.59 bits per heavy atom. The number of nitrogens with zero attached hydrogens (tertiary/aromatic N) is 2. The third-order valence-corrected chi connectivity index (χ3v) is 6.56. The molecule has 1 fully saturated rings. The number of amides is 1. The Hall–Kier alpha value is -3.65. The minimum Gasteiger partial charge on any atom is -0.507 e. The number of aliphatic hydroxyl groups excluding tert-OH is 1. The average Bonchev–Trinajstić information content (AvgIpc) is 3.18. The molecule has 0 aromatic heterocycles. The van der Waals surface area contributed by atoms with Gasteiger partial charge >= 0.3 is 5.97 Å². The fourth-order valence-corrected chi connectivity index (χ4v) is 4.47. The van der Waals surface area contributed by atoms with E-state index in [1.807, 2.05) is 6.92 Å². The second-order valence-corrected chi connectivity index (χ2v) is 8.86. The number of hydrogen-bond acceptors (Lipinski definition) is 7. The van der Waals surface area contributed by atoms with Crippen LogP contribution in [-0.4, -0.2) is 72.5 Å². The van der Waals surface area contributed by atoms with Gasteiger partial charge in [-0.2, -0.15) is 0 Å². The van der Waals surface area contributed by atoms with Crippen molar-refractivity contribution < 1.29 is 29.0 Å². The number of carbonyl (C=O) groups excluding carboxylic acids is 3. The van der Waals surface area contributed by atoms with Gasteiger partial charge in [-0.1, -0.05) is 32.9 Å². The normalized spacial score (nSPS) is 16.9. The van der Waals surface area contributed by atoms with Crippen molar-refractivity contribution in [2.24, 2.45) is 0 Å². The highest BCUT2D eigenvalue weighted by molar-refractivity contribution is 6.46. The molecular formula is C29H36N2O6. The quantitative estimate of drug-likeness (QED) is 0.196. The summed E-state index contributed by atoms with van der Waals surface area (Å²) in [4.78, 5) is 42.1. The number of benzene rings is 2. The lowest BCUT2D eigenvalue weighted by Gasteiger charge is -2.27. The second kappa shape index (κ2) is 13.1. The molecule has 0 saturated carbocycles. The van der Waals surface area contributed by atoms with Gasteiger partial charge in [0.15, 0.2) is 0 Å². The molecule has 1 amide bonds. The van der Waals surface area contributed by atoms with Gasteiger partial charge in [-0.3, -0.25) is 9.59 Å². The van der Waals surface area contributed by atoms with Crippen molar-refractivity contribution in [3.63, 3.8) is 0 Å². The van der Waals surface area contributed by atoms with Crippen LogP contribution in [0.4, 0.5) is 0 Å². The summed E-state index contributed by atoms with van der Waals surface area (Å²) < 4.78 is 10.4. The predicted octanol–water partition coefficient (Wildman–Crippen LogP) is 4.42. The highest BCUT2D eigenvalue weighted by Crippen LogP contribution is 2.39. The van der Waals surface area contributed by atoms with Crippen LogP contribution in [0.3, 0.4) is 0 Å². The van der Waals surface area contributed by atoms with E-state index in [1.165, 1.54) is 12.0 Å². The van der Waals surface area contributed by atoms with Gasteiger partial charge in [0.1, 0.15) is 11.5 Å². The first-order chi connectivity index (χ1) is 17.9. The molecule has 1 atom stereocenters. The maximum atomic E-state index is 13.2. The van der Waals surface area contributed by atoms with Crippen LogP contribution in [0.1, 0.15) is 61.1 Å². The summed E-state index contributed by atoms with van der Waals surface area (Å²) in [5, 5.41) is 11.3. The molecule has 0 bridgehead atoms. The zero-order chi connectivity index (χ0) is 26.9. The first kappa shape index (κ1) is 27.9. The van der Waals surface area contributed by atoms with Crippen molar-refractivity contribution in [3.05, 3.63) is 70.8 Å². The molecule has 0 radical (unpaired) electrons. The SMILES string of the molecule is CCCOc1ccc(C(O)=C2C(=O)C(=O)N(CCCN(CC)CC)C2c2ccc(C(=O)OC)cc2)cc1. The summed E-state index contributed by atoms with van der Waals surface area (Å²) in [7, 11) is 1.31. The maximum absolute atomic E-state index is 13.2. The smallest absolute Gasteiger partial charge is 0.337 e. The number of carbonyl (C=O) groups is 3. The average molecular weight is 509 g/mol. The summed E-state index contributed by atoms with van der Waals surface area (Å²) in [6.45, 7) is 9.67. The van der Waals surface area contributed by atoms with E-state index in [9.17, 15) is 19.5 Å². The van der Waals surface area contributed by atoms with Crippen LogP contribution >= 0.6 is 0 Å². The van der Waals surface area contributed by atoms with Gasteiger partial charge in [0.25, 0.3) is 11.7 Å². The van der Waals surface area contributed by atoms with Crippen LogP contribution in [0.2, 0.25) is 0 Å². The van der Waals surface area contributed by atoms with Crippen LogP contribution in [0.5, 0.6) is 5.75 Å². The number of likely N-dealkylation sites (tertiary alicyclic amines) is 1. The maximum Gasteiger partial charge on any atom is 0.337 e. The number of Topliss-reactive ketones (excluding diaryl/α,β-unsaturated/α-hetero) is 1. The number of esters is 1. The molecule has 37 heavy (non-hydrogen) atoms. The van der Waals surface area contributed by atoms with E-state index in [1.54, 1.807) is 48.5 Å². The number of ether oxygens (including phenoxy) is 2. The molecule has 8 heteroatoms. The number of methoxy groups -OCH3 is 1. The monoisotopic (exact) mass is 508 g/mol. The Bertz CT molecular complexity index is 1120. The third kappa shape index (κ3) is 6.38. The molecule has 1 unspecified atom stereocenters. The van der Waals surface area contributed by atoms with E-state index in [0.29, 0.717) is 42.0 Å². The zero-order valence-corrected chi connectivity index (χ0v) is 22.0. The second-order valence-electron chi connectivity index (χ2n) is 8.86. The summed E-state index contributed by atoms with van der Waals surface area (Å²) in [6, 6.07) is 12.6. The number of hydrogen-bond donors (Lipinski definition) is 1. The number of ketones is 1. The molecule has 1 heterocycles. The first-order valence-electron chi connectivity index (χ1n) is 12.8. The highest BCUT2D eigenvalue weighted by atomic mass is 16.5. The van der Waals surface area contributed by atoms with E-state index < -0.39 is 23.7 Å². The summed E-state index contributed by atoms with van der Waals surface area (Å²) >= 11 is 0. The van der Waals surface area contributed by atoms with Gasteiger partial charge in [-0.15, -0.1) is 0 Å². The van der Waals surface area contributed by atoms with Gasteiger partial charge in [0.2, 0.25) is 0 Å². The molecule has 1 aliphatic rings. The lowest BCUT2D eigenvalue weighted by molar-refractivity contribution is -0.140.